The lowest BCUT2D eigenvalue weighted by atomic mass is 10.2. The van der Waals surface area contributed by atoms with Crippen molar-refractivity contribution < 1.29 is 0 Å². The van der Waals surface area contributed by atoms with Gasteiger partial charge in [-0.15, -0.1) is 11.6 Å². The van der Waals surface area contributed by atoms with Crippen LogP contribution in [0.25, 0.3) is 11.0 Å². The Hall–Kier alpha value is -1.87. The number of nitrogens with zero attached hydrogens (tertiary/aromatic N) is 3. The molecule has 0 aliphatic rings. The van der Waals surface area contributed by atoms with E-state index in [9.17, 15) is 0 Å². The number of benzene rings is 1. The first-order chi connectivity index (χ1) is 10.3. The zero-order chi connectivity index (χ0) is 14.7. The molecule has 0 radical (unpaired) electrons. The van der Waals surface area contributed by atoms with Crippen molar-refractivity contribution in [2.45, 2.75) is 26.3 Å². The number of aromatic nitrogens is 3. The zero-order valence-electron chi connectivity index (χ0n) is 12.1. The van der Waals surface area contributed by atoms with Gasteiger partial charge in [-0.3, -0.25) is 4.98 Å². The van der Waals surface area contributed by atoms with Gasteiger partial charge in [0.2, 0.25) is 0 Å². The molecule has 3 rings (SSSR count). The summed E-state index contributed by atoms with van der Waals surface area (Å²) in [7, 11) is 0. The summed E-state index contributed by atoms with van der Waals surface area (Å²) in [6.07, 6.45) is 5.47. The molecule has 0 spiro atoms. The van der Waals surface area contributed by atoms with Crippen LogP contribution in [0.15, 0.2) is 42.7 Å². The first-order valence-electron chi connectivity index (χ1n) is 7.18. The number of fused-ring (bicyclic) bond motifs is 1. The average molecular weight is 300 g/mol. The monoisotopic (exact) mass is 299 g/mol. The van der Waals surface area contributed by atoms with Crippen molar-refractivity contribution in [3.63, 3.8) is 0 Å². The van der Waals surface area contributed by atoms with E-state index in [1.807, 2.05) is 12.3 Å². The number of imidazole rings is 1. The van der Waals surface area contributed by atoms with E-state index in [0.29, 0.717) is 5.88 Å². The van der Waals surface area contributed by atoms with Crippen LogP contribution >= 0.6 is 11.6 Å². The van der Waals surface area contributed by atoms with Gasteiger partial charge in [0, 0.05) is 31.2 Å². The summed E-state index contributed by atoms with van der Waals surface area (Å²) >= 11 is 5.92. The van der Waals surface area contributed by atoms with Crippen molar-refractivity contribution in [2.75, 3.05) is 5.88 Å². The molecule has 21 heavy (non-hydrogen) atoms. The molecular formula is C17H18ClN3. The third-order valence-electron chi connectivity index (χ3n) is 3.65. The van der Waals surface area contributed by atoms with E-state index in [2.05, 4.69) is 40.7 Å². The molecule has 3 aromatic rings. The van der Waals surface area contributed by atoms with Crippen LogP contribution in [-0.4, -0.2) is 20.4 Å². The van der Waals surface area contributed by atoms with Crippen LogP contribution in [0, 0.1) is 6.92 Å². The highest BCUT2D eigenvalue weighted by Crippen LogP contribution is 2.19. The van der Waals surface area contributed by atoms with E-state index < -0.39 is 0 Å². The summed E-state index contributed by atoms with van der Waals surface area (Å²) in [6.45, 7) is 3.01. The largest absolute Gasteiger partial charge is 0.328 e. The molecule has 0 aliphatic carbocycles. The molecule has 3 nitrogen and oxygen atoms in total. The van der Waals surface area contributed by atoms with Gasteiger partial charge in [-0.1, -0.05) is 12.1 Å². The van der Waals surface area contributed by atoms with Crippen LogP contribution in [0.3, 0.4) is 0 Å². The molecule has 2 aromatic heterocycles. The predicted octanol–water partition coefficient (Wildman–Crippen LogP) is 3.76. The van der Waals surface area contributed by atoms with Crippen LogP contribution in [0.1, 0.15) is 17.0 Å². The topological polar surface area (TPSA) is 30.7 Å². The maximum Gasteiger partial charge on any atom is 0.111 e. The molecule has 2 heterocycles. The van der Waals surface area contributed by atoms with Crippen LogP contribution < -0.4 is 0 Å². The normalized spacial score (nSPS) is 11.1. The number of alkyl halides is 1. The molecule has 0 unspecified atom stereocenters. The van der Waals surface area contributed by atoms with E-state index in [1.54, 1.807) is 6.20 Å². The van der Waals surface area contributed by atoms with Gasteiger partial charge < -0.3 is 4.57 Å². The minimum Gasteiger partial charge on any atom is -0.328 e. The quantitative estimate of drug-likeness (QED) is 0.672. The fourth-order valence-electron chi connectivity index (χ4n) is 2.59. The van der Waals surface area contributed by atoms with Crippen LogP contribution in [0.4, 0.5) is 0 Å². The second kappa shape index (κ2) is 6.27. The number of halogens is 1. The third-order valence-corrected chi connectivity index (χ3v) is 3.84. The highest BCUT2D eigenvalue weighted by atomic mass is 35.5. The van der Waals surface area contributed by atoms with Gasteiger partial charge in [0.1, 0.15) is 5.82 Å². The van der Waals surface area contributed by atoms with Gasteiger partial charge in [0.05, 0.1) is 11.0 Å². The smallest absolute Gasteiger partial charge is 0.111 e. The first-order valence-corrected chi connectivity index (χ1v) is 7.72. The lowest BCUT2D eigenvalue weighted by Crippen LogP contribution is -2.07. The van der Waals surface area contributed by atoms with E-state index in [-0.39, 0.29) is 0 Å². The van der Waals surface area contributed by atoms with E-state index >= 15 is 0 Å². The van der Waals surface area contributed by atoms with Gasteiger partial charge in [0.25, 0.3) is 0 Å². The molecule has 0 N–H and O–H groups in total. The Morgan fingerprint density at radius 1 is 1.19 bits per heavy atom. The number of rotatable bonds is 5. The molecule has 108 valence electrons. The fraction of sp³-hybridized carbons (Fsp3) is 0.294. The standard InChI is InChI=1S/C17H18ClN3/c1-13-4-5-15-16(11-13)21(17(20-15)6-8-18)10-7-14-3-2-9-19-12-14/h2-5,9,11-12H,6-8,10H2,1H3. The lowest BCUT2D eigenvalue weighted by Gasteiger charge is -2.09. The summed E-state index contributed by atoms with van der Waals surface area (Å²) in [5, 5.41) is 0. The Balaban J connectivity index is 1.94. The van der Waals surface area contributed by atoms with Gasteiger partial charge in [0.15, 0.2) is 0 Å². The van der Waals surface area contributed by atoms with E-state index in [0.717, 1.165) is 30.7 Å². The Bertz CT molecular complexity index is 734. The molecular weight excluding hydrogens is 282 g/mol. The fourth-order valence-corrected chi connectivity index (χ4v) is 2.76. The molecule has 4 heteroatoms. The summed E-state index contributed by atoms with van der Waals surface area (Å²) < 4.78 is 2.29. The molecule has 0 aliphatic heterocycles. The van der Waals surface area contributed by atoms with Crippen molar-refractivity contribution in [2.24, 2.45) is 0 Å². The molecule has 0 saturated heterocycles. The minimum absolute atomic E-state index is 0.592. The summed E-state index contributed by atoms with van der Waals surface area (Å²) in [5.74, 6) is 1.66. The van der Waals surface area contributed by atoms with E-state index in [1.165, 1.54) is 16.6 Å². The van der Waals surface area contributed by atoms with Gasteiger partial charge in [-0.25, -0.2) is 4.98 Å². The molecule has 0 atom stereocenters. The zero-order valence-corrected chi connectivity index (χ0v) is 12.8. The highest BCUT2D eigenvalue weighted by molar-refractivity contribution is 6.17. The molecule has 0 bridgehead atoms. The van der Waals surface area contributed by atoms with Gasteiger partial charge in [-0.05, 0) is 42.7 Å². The number of hydrogen-bond acceptors (Lipinski definition) is 2. The third kappa shape index (κ3) is 3.08. The molecule has 0 fully saturated rings. The summed E-state index contributed by atoms with van der Waals surface area (Å²) in [6, 6.07) is 10.5. The Labute approximate surface area is 129 Å². The Morgan fingerprint density at radius 2 is 2.10 bits per heavy atom. The highest BCUT2D eigenvalue weighted by Gasteiger charge is 2.10. The average Bonchev–Trinajstić information content (AvgIpc) is 2.83. The molecule has 0 saturated carbocycles. The van der Waals surface area contributed by atoms with Crippen molar-refractivity contribution in [1.29, 1.82) is 0 Å². The minimum atomic E-state index is 0.592. The van der Waals surface area contributed by atoms with Gasteiger partial charge >= 0.3 is 0 Å². The molecule has 0 amide bonds. The second-order valence-corrected chi connectivity index (χ2v) is 5.60. The second-order valence-electron chi connectivity index (χ2n) is 5.22. The van der Waals surface area contributed by atoms with Crippen molar-refractivity contribution in [3.05, 3.63) is 59.7 Å². The maximum atomic E-state index is 5.92. The number of hydrogen-bond donors (Lipinski definition) is 0. The number of aryl methyl sites for hydroxylation is 4. The summed E-state index contributed by atoms with van der Waals surface area (Å²) in [4.78, 5) is 8.89. The van der Waals surface area contributed by atoms with Crippen LogP contribution in [0.5, 0.6) is 0 Å². The first kappa shape index (κ1) is 14.1. The predicted molar refractivity (Wildman–Crippen MR) is 86.8 cm³/mol. The number of pyridine rings is 1. The van der Waals surface area contributed by atoms with Crippen molar-refractivity contribution in [3.8, 4) is 0 Å². The Kier molecular flexibility index (Phi) is 4.20. The maximum absolute atomic E-state index is 5.92. The van der Waals surface area contributed by atoms with Gasteiger partial charge in [-0.2, -0.15) is 0 Å². The van der Waals surface area contributed by atoms with Crippen LogP contribution in [0.2, 0.25) is 0 Å². The van der Waals surface area contributed by atoms with Crippen molar-refractivity contribution >= 4 is 22.6 Å². The lowest BCUT2D eigenvalue weighted by molar-refractivity contribution is 0.673. The van der Waals surface area contributed by atoms with Crippen LogP contribution in [-0.2, 0) is 19.4 Å². The SMILES string of the molecule is Cc1ccc2nc(CCCl)n(CCc3cccnc3)c2c1. The van der Waals surface area contributed by atoms with E-state index in [4.69, 9.17) is 16.6 Å². The summed E-state index contributed by atoms with van der Waals surface area (Å²) in [5.41, 5.74) is 4.73. The van der Waals surface area contributed by atoms with Crippen molar-refractivity contribution in [1.82, 2.24) is 14.5 Å². The Morgan fingerprint density at radius 3 is 2.86 bits per heavy atom. The molecule has 1 aromatic carbocycles.